The van der Waals surface area contributed by atoms with E-state index < -0.39 is 35.7 Å². The van der Waals surface area contributed by atoms with Gasteiger partial charge in [-0.3, -0.25) is 4.79 Å². The van der Waals surface area contributed by atoms with E-state index in [2.05, 4.69) is 15.7 Å². The average Bonchev–Trinajstić information content (AvgIpc) is 2.84. The zero-order valence-corrected chi connectivity index (χ0v) is 22.2. The number of carbonyl (C=O) groups is 3. The lowest BCUT2D eigenvalue weighted by atomic mass is 9.82. The number of carbonyl (C=O) groups excluding carboxylic acids is 3. The number of hydrogen-bond acceptors (Lipinski definition) is 6. The number of alkyl carbamates (subject to hydrolysis) is 1. The Morgan fingerprint density at radius 2 is 1.68 bits per heavy atom. The van der Waals surface area contributed by atoms with Crippen LogP contribution in [0.15, 0.2) is 35.4 Å². The first kappa shape index (κ1) is 30.9. The van der Waals surface area contributed by atoms with Crippen LogP contribution in [-0.2, 0) is 20.9 Å². The van der Waals surface area contributed by atoms with Crippen molar-refractivity contribution in [2.75, 3.05) is 6.54 Å². The molecule has 0 aromatic heterocycles. The molecule has 1 unspecified atom stereocenters. The number of halogens is 3. The SMILES string of the molecule is CCC(NC(=O)OC(C)(C)C)/C(=N\NC(=O)NCC1CCC(C(=O)OCc2ccccc2)CC1)C(F)(F)F. The Labute approximate surface area is 220 Å². The number of nitrogens with one attached hydrogen (secondary N) is 3. The molecule has 9 nitrogen and oxygen atoms in total. The van der Waals surface area contributed by atoms with E-state index in [9.17, 15) is 27.6 Å². The predicted molar refractivity (Wildman–Crippen MR) is 135 cm³/mol. The summed E-state index contributed by atoms with van der Waals surface area (Å²) in [6.45, 7) is 6.64. The van der Waals surface area contributed by atoms with E-state index in [0.29, 0.717) is 25.7 Å². The van der Waals surface area contributed by atoms with Crippen LogP contribution in [0.5, 0.6) is 0 Å². The van der Waals surface area contributed by atoms with Crippen LogP contribution in [0.3, 0.4) is 0 Å². The van der Waals surface area contributed by atoms with Crippen molar-refractivity contribution in [3.05, 3.63) is 35.9 Å². The number of nitrogens with zero attached hydrogens (tertiary/aromatic N) is 1. The zero-order chi connectivity index (χ0) is 28.3. The summed E-state index contributed by atoms with van der Waals surface area (Å²) in [5.74, 6) is -0.397. The third-order valence-corrected chi connectivity index (χ3v) is 5.95. The second-order valence-electron chi connectivity index (χ2n) is 10.2. The second kappa shape index (κ2) is 14.0. The van der Waals surface area contributed by atoms with Gasteiger partial charge in [0.15, 0.2) is 5.71 Å². The lowest BCUT2D eigenvalue weighted by Gasteiger charge is -2.27. The number of alkyl halides is 3. The van der Waals surface area contributed by atoms with Crippen LogP contribution in [0.4, 0.5) is 22.8 Å². The molecule has 2 rings (SSSR count). The van der Waals surface area contributed by atoms with Gasteiger partial charge < -0.3 is 20.1 Å². The number of ether oxygens (including phenoxy) is 2. The van der Waals surface area contributed by atoms with Crippen molar-refractivity contribution >= 4 is 23.8 Å². The maximum absolute atomic E-state index is 13.6. The molecule has 0 heterocycles. The van der Waals surface area contributed by atoms with E-state index in [-0.39, 0.29) is 37.4 Å². The molecule has 1 aromatic carbocycles. The van der Waals surface area contributed by atoms with Crippen LogP contribution in [0.2, 0.25) is 0 Å². The molecule has 0 spiro atoms. The molecule has 1 aromatic rings. The lowest BCUT2D eigenvalue weighted by molar-refractivity contribution is -0.151. The molecule has 1 aliphatic carbocycles. The van der Waals surface area contributed by atoms with Crippen LogP contribution >= 0.6 is 0 Å². The van der Waals surface area contributed by atoms with Crippen molar-refractivity contribution in [2.24, 2.45) is 16.9 Å². The van der Waals surface area contributed by atoms with Gasteiger partial charge in [0.2, 0.25) is 0 Å². The van der Waals surface area contributed by atoms with Gasteiger partial charge in [-0.1, -0.05) is 37.3 Å². The Morgan fingerprint density at radius 1 is 1.05 bits per heavy atom. The van der Waals surface area contributed by atoms with Gasteiger partial charge in [-0.2, -0.15) is 18.3 Å². The molecule has 3 amide bonds. The van der Waals surface area contributed by atoms with Crippen LogP contribution in [-0.4, -0.2) is 48.2 Å². The minimum atomic E-state index is -4.89. The molecule has 12 heteroatoms. The number of hydrazone groups is 1. The third kappa shape index (κ3) is 11.0. The van der Waals surface area contributed by atoms with E-state index in [1.807, 2.05) is 35.8 Å². The summed E-state index contributed by atoms with van der Waals surface area (Å²) in [7, 11) is 0. The predicted octanol–water partition coefficient (Wildman–Crippen LogP) is 5.06. The first-order valence-electron chi connectivity index (χ1n) is 12.7. The standard InChI is InChI=1S/C26H37F3N4O5/c1-5-20(31-24(36)38-25(2,3)4)21(26(27,28)29)32-33-23(35)30-15-17-11-13-19(14-12-17)22(34)37-16-18-9-7-6-8-10-18/h6-10,17,19-20H,5,11-16H2,1-4H3,(H,31,36)(H2,30,33,35)/b32-21+. The van der Waals surface area contributed by atoms with E-state index >= 15 is 0 Å². The molecule has 3 N–H and O–H groups in total. The fourth-order valence-electron chi connectivity index (χ4n) is 3.99. The molecule has 1 saturated carbocycles. The monoisotopic (exact) mass is 542 g/mol. The molecule has 1 aliphatic rings. The molecule has 1 atom stereocenters. The summed E-state index contributed by atoms with van der Waals surface area (Å²) in [6, 6.07) is 6.97. The highest BCUT2D eigenvalue weighted by atomic mass is 19.4. The van der Waals surface area contributed by atoms with E-state index in [1.54, 1.807) is 20.8 Å². The molecule has 0 bridgehead atoms. The Hall–Kier alpha value is -3.31. The molecule has 0 aliphatic heterocycles. The van der Waals surface area contributed by atoms with Crippen molar-refractivity contribution in [1.29, 1.82) is 0 Å². The Bertz CT molecular complexity index is 956. The number of hydrogen-bond donors (Lipinski definition) is 3. The summed E-state index contributed by atoms with van der Waals surface area (Å²) in [5.41, 5.74) is 0.543. The highest BCUT2D eigenvalue weighted by Gasteiger charge is 2.42. The van der Waals surface area contributed by atoms with Crippen molar-refractivity contribution in [1.82, 2.24) is 16.1 Å². The molecule has 0 radical (unpaired) electrons. The third-order valence-electron chi connectivity index (χ3n) is 5.95. The van der Waals surface area contributed by atoms with Crippen LogP contribution < -0.4 is 16.1 Å². The van der Waals surface area contributed by atoms with Crippen molar-refractivity contribution < 1.29 is 37.0 Å². The number of amides is 3. The molecule has 212 valence electrons. The minimum absolute atomic E-state index is 0.0715. The summed E-state index contributed by atoms with van der Waals surface area (Å²) in [6.07, 6.45) is -3.50. The van der Waals surface area contributed by atoms with Crippen LogP contribution in [0.25, 0.3) is 0 Å². The van der Waals surface area contributed by atoms with Gasteiger partial charge in [-0.15, -0.1) is 0 Å². The van der Waals surface area contributed by atoms with Crippen molar-refractivity contribution in [3.8, 4) is 0 Å². The maximum Gasteiger partial charge on any atom is 0.433 e. The Morgan fingerprint density at radius 3 is 2.24 bits per heavy atom. The second-order valence-corrected chi connectivity index (χ2v) is 10.2. The highest BCUT2D eigenvalue weighted by Crippen LogP contribution is 2.29. The Balaban J connectivity index is 1.81. The quantitative estimate of drug-likeness (QED) is 0.229. The minimum Gasteiger partial charge on any atom is -0.461 e. The number of urea groups is 1. The fourth-order valence-corrected chi connectivity index (χ4v) is 3.99. The van der Waals surface area contributed by atoms with Crippen LogP contribution in [0.1, 0.15) is 65.4 Å². The molecular formula is C26H37F3N4O5. The lowest BCUT2D eigenvalue weighted by Crippen LogP contribution is -2.49. The van der Waals surface area contributed by atoms with Crippen molar-refractivity contribution in [2.45, 2.75) is 84.2 Å². The number of esters is 1. The van der Waals surface area contributed by atoms with Crippen molar-refractivity contribution in [3.63, 3.8) is 0 Å². The average molecular weight is 543 g/mol. The summed E-state index contributed by atoms with van der Waals surface area (Å²) in [4.78, 5) is 36.5. The highest BCUT2D eigenvalue weighted by molar-refractivity contribution is 5.97. The Kier molecular flexibility index (Phi) is 11.4. The fraction of sp³-hybridized carbons (Fsp3) is 0.615. The number of rotatable bonds is 9. The molecule has 38 heavy (non-hydrogen) atoms. The zero-order valence-electron chi connectivity index (χ0n) is 22.2. The molecular weight excluding hydrogens is 505 g/mol. The van der Waals surface area contributed by atoms with Gasteiger partial charge in [0.1, 0.15) is 12.2 Å². The van der Waals surface area contributed by atoms with Gasteiger partial charge in [0, 0.05) is 6.54 Å². The van der Waals surface area contributed by atoms with Crippen LogP contribution in [0, 0.1) is 11.8 Å². The first-order chi connectivity index (χ1) is 17.8. The summed E-state index contributed by atoms with van der Waals surface area (Å²) < 4.78 is 51.2. The molecule has 0 saturated heterocycles. The van der Waals surface area contributed by atoms with E-state index in [0.717, 1.165) is 5.56 Å². The smallest absolute Gasteiger partial charge is 0.433 e. The summed E-state index contributed by atoms with van der Waals surface area (Å²) >= 11 is 0. The van der Waals surface area contributed by atoms with E-state index in [4.69, 9.17) is 9.47 Å². The number of benzene rings is 1. The topological polar surface area (TPSA) is 118 Å². The van der Waals surface area contributed by atoms with Gasteiger partial charge in [0.25, 0.3) is 0 Å². The van der Waals surface area contributed by atoms with E-state index in [1.165, 1.54) is 6.92 Å². The first-order valence-corrected chi connectivity index (χ1v) is 12.7. The van der Waals surface area contributed by atoms with Gasteiger partial charge >= 0.3 is 24.3 Å². The van der Waals surface area contributed by atoms with Gasteiger partial charge in [0.05, 0.1) is 12.0 Å². The summed E-state index contributed by atoms with van der Waals surface area (Å²) in [5, 5.41) is 7.93. The van der Waals surface area contributed by atoms with Gasteiger partial charge in [-0.05, 0) is 64.4 Å². The molecule has 1 fully saturated rings. The normalized spacial score (nSPS) is 19.2. The van der Waals surface area contributed by atoms with Gasteiger partial charge in [-0.25, -0.2) is 15.0 Å². The largest absolute Gasteiger partial charge is 0.461 e. The maximum atomic E-state index is 13.6.